The fraction of sp³-hybridized carbons (Fsp3) is 0.600. The molecule has 0 amide bonds. The maximum absolute atomic E-state index is 12.1. The Labute approximate surface area is 113 Å². The van der Waals surface area contributed by atoms with Crippen LogP contribution in [0.1, 0.15) is 46.5 Å². The highest BCUT2D eigenvalue weighted by molar-refractivity contribution is 5.95. The molecule has 2 atom stereocenters. The molecule has 2 rings (SSSR count). The number of fused-ring (bicyclic) bond motifs is 1. The standard InChI is InChI=1S/C15H20O4/c1-9-5-4-6-10(2)13(16)7-12-11(3)14(17)19-15(12,18)8-9/h5,10,18H,4,6-8H2,1-3H3/b9-5-/t10-,15-/m1/s1. The van der Waals surface area contributed by atoms with Gasteiger partial charge in [0.25, 0.3) is 0 Å². The van der Waals surface area contributed by atoms with Crippen molar-refractivity contribution in [2.45, 2.75) is 52.2 Å². The molecule has 0 saturated carbocycles. The zero-order valence-corrected chi connectivity index (χ0v) is 11.7. The van der Waals surface area contributed by atoms with Crippen molar-refractivity contribution in [3.05, 3.63) is 22.8 Å². The SMILES string of the molecule is CC1=C2CC(=O)[C@H](C)CC/C=C(/C)C[C@@]2(O)OC1=O. The molecule has 0 aromatic carbocycles. The average Bonchev–Trinajstić information content (AvgIpc) is 2.51. The number of rotatable bonds is 0. The molecule has 1 aliphatic carbocycles. The summed E-state index contributed by atoms with van der Waals surface area (Å²) in [5, 5.41) is 10.6. The predicted octanol–water partition coefficient (Wildman–Crippen LogP) is 2.27. The van der Waals surface area contributed by atoms with Crippen molar-refractivity contribution in [2.24, 2.45) is 5.92 Å². The number of allylic oxidation sites excluding steroid dienone is 1. The number of Topliss-reactive ketones (excluding diaryl/α,β-unsaturated/α-hetero) is 1. The molecule has 4 heteroatoms. The first-order valence-corrected chi connectivity index (χ1v) is 6.68. The Balaban J connectivity index is 2.42. The minimum atomic E-state index is -1.63. The molecular formula is C15H20O4. The first-order chi connectivity index (χ1) is 8.83. The molecule has 2 aliphatic rings. The number of carbonyl (C=O) groups excluding carboxylic acids is 2. The van der Waals surface area contributed by atoms with Crippen LogP contribution in [0.5, 0.6) is 0 Å². The van der Waals surface area contributed by atoms with E-state index >= 15 is 0 Å². The Morgan fingerprint density at radius 1 is 1.37 bits per heavy atom. The van der Waals surface area contributed by atoms with Crippen molar-refractivity contribution in [1.29, 1.82) is 0 Å². The molecule has 1 heterocycles. The third-order valence-electron chi connectivity index (χ3n) is 4.00. The van der Waals surface area contributed by atoms with Gasteiger partial charge in [-0.3, -0.25) is 4.79 Å². The molecule has 4 nitrogen and oxygen atoms in total. The van der Waals surface area contributed by atoms with Gasteiger partial charge in [0.1, 0.15) is 5.78 Å². The molecule has 0 unspecified atom stereocenters. The fourth-order valence-corrected chi connectivity index (χ4v) is 2.66. The second kappa shape index (κ2) is 4.93. The summed E-state index contributed by atoms with van der Waals surface area (Å²) in [6.07, 6.45) is 3.96. The van der Waals surface area contributed by atoms with Gasteiger partial charge in [-0.25, -0.2) is 4.79 Å². The van der Waals surface area contributed by atoms with E-state index in [4.69, 9.17) is 4.74 Å². The molecule has 1 aliphatic heterocycles. The number of aliphatic hydroxyl groups is 1. The van der Waals surface area contributed by atoms with E-state index in [0.29, 0.717) is 11.1 Å². The summed E-state index contributed by atoms with van der Waals surface area (Å²) in [7, 11) is 0. The van der Waals surface area contributed by atoms with Crippen molar-refractivity contribution in [3.63, 3.8) is 0 Å². The van der Waals surface area contributed by atoms with E-state index in [1.165, 1.54) is 0 Å². The first kappa shape index (κ1) is 14.0. The third-order valence-corrected chi connectivity index (χ3v) is 4.00. The van der Waals surface area contributed by atoms with Crippen LogP contribution in [-0.4, -0.2) is 22.6 Å². The molecule has 0 aromatic rings. The van der Waals surface area contributed by atoms with E-state index < -0.39 is 11.8 Å². The predicted molar refractivity (Wildman–Crippen MR) is 70.1 cm³/mol. The van der Waals surface area contributed by atoms with Gasteiger partial charge in [0.05, 0.1) is 0 Å². The molecule has 1 N–H and O–H groups in total. The van der Waals surface area contributed by atoms with Crippen LogP contribution in [-0.2, 0) is 14.3 Å². The highest BCUT2D eigenvalue weighted by Gasteiger charge is 2.45. The maximum Gasteiger partial charge on any atom is 0.336 e. The van der Waals surface area contributed by atoms with Crippen molar-refractivity contribution in [2.75, 3.05) is 0 Å². The third kappa shape index (κ3) is 2.63. The van der Waals surface area contributed by atoms with Crippen LogP contribution in [0.3, 0.4) is 0 Å². The van der Waals surface area contributed by atoms with Crippen LogP contribution in [0, 0.1) is 5.92 Å². The van der Waals surface area contributed by atoms with E-state index in [1.54, 1.807) is 6.92 Å². The van der Waals surface area contributed by atoms with Crippen molar-refractivity contribution < 1.29 is 19.4 Å². The summed E-state index contributed by atoms with van der Waals surface area (Å²) < 4.78 is 5.10. The molecule has 0 radical (unpaired) electrons. The zero-order valence-electron chi connectivity index (χ0n) is 11.7. The van der Waals surface area contributed by atoms with E-state index in [1.807, 2.05) is 19.9 Å². The highest BCUT2D eigenvalue weighted by Crippen LogP contribution is 2.39. The van der Waals surface area contributed by atoms with E-state index in [0.717, 1.165) is 18.4 Å². The largest absolute Gasteiger partial charge is 0.425 e. The highest BCUT2D eigenvalue weighted by atomic mass is 16.7. The lowest BCUT2D eigenvalue weighted by Crippen LogP contribution is -2.34. The van der Waals surface area contributed by atoms with Crippen LogP contribution in [0.25, 0.3) is 0 Å². The molecular weight excluding hydrogens is 244 g/mol. The lowest BCUT2D eigenvalue weighted by Gasteiger charge is -2.27. The molecule has 0 aromatic heterocycles. The van der Waals surface area contributed by atoms with Crippen LogP contribution >= 0.6 is 0 Å². The Bertz CT molecular complexity index is 486. The number of esters is 1. The quantitative estimate of drug-likeness (QED) is 0.538. The topological polar surface area (TPSA) is 63.6 Å². The Morgan fingerprint density at radius 3 is 2.74 bits per heavy atom. The minimum absolute atomic E-state index is 0.0547. The molecule has 0 bridgehead atoms. The summed E-state index contributed by atoms with van der Waals surface area (Å²) in [6, 6.07) is 0. The Hall–Kier alpha value is -1.42. The summed E-state index contributed by atoms with van der Waals surface area (Å²) in [5.74, 6) is -2.17. The van der Waals surface area contributed by atoms with Crippen molar-refractivity contribution in [3.8, 4) is 0 Å². The van der Waals surface area contributed by atoms with Gasteiger partial charge < -0.3 is 9.84 Å². The first-order valence-electron chi connectivity index (χ1n) is 6.68. The van der Waals surface area contributed by atoms with Crippen LogP contribution in [0.4, 0.5) is 0 Å². The Kier molecular flexibility index (Phi) is 3.63. The van der Waals surface area contributed by atoms with Crippen LogP contribution < -0.4 is 0 Å². The molecule has 19 heavy (non-hydrogen) atoms. The maximum atomic E-state index is 12.1. The van der Waals surface area contributed by atoms with Gasteiger partial charge in [0.2, 0.25) is 5.79 Å². The van der Waals surface area contributed by atoms with Crippen molar-refractivity contribution in [1.82, 2.24) is 0 Å². The lowest BCUT2D eigenvalue weighted by molar-refractivity contribution is -0.181. The smallest absolute Gasteiger partial charge is 0.336 e. The molecule has 0 saturated heterocycles. The number of hydrogen-bond acceptors (Lipinski definition) is 4. The minimum Gasteiger partial charge on any atom is -0.425 e. The summed E-state index contributed by atoms with van der Waals surface area (Å²) in [6.45, 7) is 5.41. The van der Waals surface area contributed by atoms with Gasteiger partial charge in [-0.15, -0.1) is 0 Å². The summed E-state index contributed by atoms with van der Waals surface area (Å²) in [5.41, 5.74) is 1.78. The second-order valence-corrected chi connectivity index (χ2v) is 5.63. The Morgan fingerprint density at radius 2 is 2.05 bits per heavy atom. The number of carbonyl (C=O) groups is 2. The fourth-order valence-electron chi connectivity index (χ4n) is 2.66. The average molecular weight is 264 g/mol. The normalized spacial score (nSPS) is 35.6. The van der Waals surface area contributed by atoms with Crippen molar-refractivity contribution >= 4 is 11.8 Å². The van der Waals surface area contributed by atoms with E-state index in [9.17, 15) is 14.7 Å². The van der Waals surface area contributed by atoms with E-state index in [2.05, 4.69) is 0 Å². The van der Waals surface area contributed by atoms with Gasteiger partial charge in [0, 0.05) is 29.9 Å². The molecule has 0 fully saturated rings. The summed E-state index contributed by atoms with van der Waals surface area (Å²) in [4.78, 5) is 23.8. The van der Waals surface area contributed by atoms with Gasteiger partial charge in [-0.2, -0.15) is 0 Å². The zero-order chi connectivity index (χ0) is 14.2. The van der Waals surface area contributed by atoms with Crippen LogP contribution in [0.15, 0.2) is 22.8 Å². The lowest BCUT2D eigenvalue weighted by atomic mass is 9.86. The van der Waals surface area contributed by atoms with Gasteiger partial charge in [-0.1, -0.05) is 18.6 Å². The van der Waals surface area contributed by atoms with Gasteiger partial charge in [0.15, 0.2) is 0 Å². The molecule has 104 valence electrons. The van der Waals surface area contributed by atoms with Gasteiger partial charge in [-0.05, 0) is 26.7 Å². The monoisotopic (exact) mass is 264 g/mol. The number of ether oxygens (including phenoxy) is 1. The molecule has 0 spiro atoms. The van der Waals surface area contributed by atoms with Gasteiger partial charge >= 0.3 is 5.97 Å². The van der Waals surface area contributed by atoms with Crippen LogP contribution in [0.2, 0.25) is 0 Å². The summed E-state index contributed by atoms with van der Waals surface area (Å²) >= 11 is 0. The number of hydrogen-bond donors (Lipinski definition) is 1. The van der Waals surface area contributed by atoms with E-state index in [-0.39, 0.29) is 24.5 Å². The second-order valence-electron chi connectivity index (χ2n) is 5.63. The number of ketones is 1.